The molecule has 18 heavy (non-hydrogen) atoms. The van der Waals surface area contributed by atoms with Crippen molar-refractivity contribution in [2.24, 2.45) is 0 Å². The van der Waals surface area contributed by atoms with Gasteiger partial charge in [-0.1, -0.05) is 12.1 Å². The van der Waals surface area contributed by atoms with Crippen molar-refractivity contribution in [1.82, 2.24) is 0 Å². The third-order valence-electron chi connectivity index (χ3n) is 2.37. The van der Waals surface area contributed by atoms with Crippen LogP contribution >= 0.6 is 11.8 Å². The van der Waals surface area contributed by atoms with Crippen LogP contribution in [0.2, 0.25) is 0 Å². The van der Waals surface area contributed by atoms with Crippen molar-refractivity contribution in [3.8, 4) is 0 Å². The van der Waals surface area contributed by atoms with Crippen molar-refractivity contribution in [1.29, 1.82) is 0 Å². The lowest BCUT2D eigenvalue weighted by atomic mass is 10.2. The lowest BCUT2D eigenvalue weighted by molar-refractivity contribution is -0.143. The van der Waals surface area contributed by atoms with E-state index < -0.39 is 11.4 Å². The molecule has 0 saturated carbocycles. The summed E-state index contributed by atoms with van der Waals surface area (Å²) in [5, 5.41) is 0.518. The van der Waals surface area contributed by atoms with Crippen molar-refractivity contribution >= 4 is 28.7 Å². The van der Waals surface area contributed by atoms with Gasteiger partial charge in [0, 0.05) is 13.0 Å². The molecule has 1 unspecified atom stereocenters. The first-order valence-electron chi connectivity index (χ1n) is 5.34. The number of hydrogen-bond acceptors (Lipinski definition) is 5. The molecule has 5 heteroatoms. The van der Waals surface area contributed by atoms with Gasteiger partial charge in [0.05, 0.1) is 5.39 Å². The predicted molar refractivity (Wildman–Crippen MR) is 70.5 cm³/mol. The summed E-state index contributed by atoms with van der Waals surface area (Å²) in [5.41, 5.74) is -0.246. The van der Waals surface area contributed by atoms with Gasteiger partial charge in [0.2, 0.25) is 5.44 Å². The maximum absolute atomic E-state index is 11.9. The summed E-state index contributed by atoms with van der Waals surface area (Å²) in [5.74, 6) is -0.0634. The molecule has 2 rings (SSSR count). The number of para-hydroxylation sites is 1. The molecule has 1 heterocycles. The predicted octanol–water partition coefficient (Wildman–Crippen LogP) is 2.72. The Bertz CT molecular complexity index is 632. The lowest BCUT2D eigenvalue weighted by Gasteiger charge is -2.13. The number of benzene rings is 1. The summed E-state index contributed by atoms with van der Waals surface area (Å²) < 4.78 is 10.7. The van der Waals surface area contributed by atoms with E-state index >= 15 is 0 Å². The molecule has 94 valence electrons. The van der Waals surface area contributed by atoms with Gasteiger partial charge in [0.25, 0.3) is 0 Å². The van der Waals surface area contributed by atoms with Crippen LogP contribution in [0.3, 0.4) is 0 Å². The van der Waals surface area contributed by atoms with Gasteiger partial charge in [-0.2, -0.15) is 0 Å². The molecule has 0 aliphatic rings. The van der Waals surface area contributed by atoms with Crippen LogP contribution in [0.4, 0.5) is 0 Å². The van der Waals surface area contributed by atoms with E-state index in [1.807, 2.05) is 0 Å². The quantitative estimate of drug-likeness (QED) is 0.630. The SMILES string of the molecule is CSC(OC(C)=O)c1cc(=O)c2ccccc2o1. The van der Waals surface area contributed by atoms with E-state index in [0.29, 0.717) is 16.7 Å². The van der Waals surface area contributed by atoms with Crippen LogP contribution in [0, 0.1) is 0 Å². The van der Waals surface area contributed by atoms with Crippen molar-refractivity contribution < 1.29 is 13.9 Å². The standard InChI is InChI=1S/C13H12O4S/c1-8(14)16-13(18-2)12-7-10(15)9-5-3-4-6-11(9)17-12/h3-7,13H,1-2H3. The Morgan fingerprint density at radius 1 is 1.39 bits per heavy atom. The van der Waals surface area contributed by atoms with Gasteiger partial charge in [-0.15, -0.1) is 11.8 Å². The average Bonchev–Trinajstić information content (AvgIpc) is 2.35. The summed E-state index contributed by atoms with van der Waals surface area (Å²) in [7, 11) is 0. The molecule has 0 spiro atoms. The second-order valence-corrected chi connectivity index (χ2v) is 4.59. The Balaban J connectivity index is 2.51. The fourth-order valence-corrected chi connectivity index (χ4v) is 2.19. The Morgan fingerprint density at radius 3 is 2.78 bits per heavy atom. The van der Waals surface area contributed by atoms with E-state index in [9.17, 15) is 9.59 Å². The molecular weight excluding hydrogens is 252 g/mol. The van der Waals surface area contributed by atoms with E-state index in [-0.39, 0.29) is 5.43 Å². The molecule has 0 bridgehead atoms. The van der Waals surface area contributed by atoms with Gasteiger partial charge in [-0.25, -0.2) is 0 Å². The van der Waals surface area contributed by atoms with Gasteiger partial charge in [-0.3, -0.25) is 9.59 Å². The Hall–Kier alpha value is -1.75. The monoisotopic (exact) mass is 264 g/mol. The minimum atomic E-state index is -0.597. The van der Waals surface area contributed by atoms with Crippen molar-refractivity contribution in [2.75, 3.05) is 6.26 Å². The molecule has 0 aliphatic heterocycles. The second kappa shape index (κ2) is 5.27. The first-order valence-corrected chi connectivity index (χ1v) is 6.63. The first-order chi connectivity index (χ1) is 8.61. The maximum atomic E-state index is 11.9. The summed E-state index contributed by atoms with van der Waals surface area (Å²) in [6.07, 6.45) is 1.78. The molecule has 0 saturated heterocycles. The van der Waals surface area contributed by atoms with Gasteiger partial charge >= 0.3 is 5.97 Å². The largest absolute Gasteiger partial charge is 0.456 e. The molecule has 0 radical (unpaired) electrons. The zero-order chi connectivity index (χ0) is 13.1. The molecule has 0 aliphatic carbocycles. The molecule has 1 atom stereocenters. The smallest absolute Gasteiger partial charge is 0.304 e. The minimum Gasteiger partial charge on any atom is -0.456 e. The molecule has 0 amide bonds. The third kappa shape index (κ3) is 2.56. The zero-order valence-corrected chi connectivity index (χ0v) is 10.8. The molecule has 1 aromatic carbocycles. The van der Waals surface area contributed by atoms with Crippen LogP contribution < -0.4 is 5.43 Å². The molecule has 2 aromatic rings. The number of carbonyl (C=O) groups excluding carboxylic acids is 1. The summed E-state index contributed by atoms with van der Waals surface area (Å²) in [4.78, 5) is 22.9. The van der Waals surface area contributed by atoms with Gasteiger partial charge in [0.15, 0.2) is 11.2 Å². The number of thioether (sulfide) groups is 1. The summed E-state index contributed by atoms with van der Waals surface area (Å²) in [6.45, 7) is 1.32. The van der Waals surface area contributed by atoms with Crippen LogP contribution in [-0.4, -0.2) is 12.2 Å². The van der Waals surface area contributed by atoms with E-state index in [0.717, 1.165) is 0 Å². The van der Waals surface area contributed by atoms with Crippen molar-refractivity contribution in [2.45, 2.75) is 12.4 Å². The topological polar surface area (TPSA) is 56.5 Å². The molecular formula is C13H12O4S. The summed E-state index contributed by atoms with van der Waals surface area (Å²) in [6, 6.07) is 8.34. The van der Waals surface area contributed by atoms with Crippen molar-refractivity contribution in [3.63, 3.8) is 0 Å². The van der Waals surface area contributed by atoms with E-state index in [2.05, 4.69) is 0 Å². The Kier molecular flexibility index (Phi) is 3.72. The van der Waals surface area contributed by atoms with Gasteiger partial charge in [-0.05, 0) is 18.4 Å². The van der Waals surface area contributed by atoms with Crippen LogP contribution in [0.1, 0.15) is 18.1 Å². The molecule has 4 nitrogen and oxygen atoms in total. The minimum absolute atomic E-state index is 0.141. The third-order valence-corrected chi connectivity index (χ3v) is 3.13. The highest BCUT2D eigenvalue weighted by molar-refractivity contribution is 7.98. The normalized spacial score (nSPS) is 12.3. The highest BCUT2D eigenvalue weighted by Crippen LogP contribution is 2.28. The number of fused-ring (bicyclic) bond motifs is 1. The Morgan fingerprint density at radius 2 is 2.11 bits per heavy atom. The van der Waals surface area contributed by atoms with Crippen molar-refractivity contribution in [3.05, 3.63) is 46.3 Å². The van der Waals surface area contributed by atoms with Gasteiger partial charge < -0.3 is 9.15 Å². The highest BCUT2D eigenvalue weighted by atomic mass is 32.2. The average molecular weight is 264 g/mol. The lowest BCUT2D eigenvalue weighted by Crippen LogP contribution is -2.09. The first kappa shape index (κ1) is 12.7. The van der Waals surface area contributed by atoms with Crippen LogP contribution in [0.5, 0.6) is 0 Å². The zero-order valence-electron chi connectivity index (χ0n) is 10.0. The Labute approximate surface area is 108 Å². The van der Waals surface area contributed by atoms with E-state index in [1.54, 1.807) is 30.5 Å². The van der Waals surface area contributed by atoms with E-state index in [1.165, 1.54) is 24.8 Å². The highest BCUT2D eigenvalue weighted by Gasteiger charge is 2.17. The molecule has 0 N–H and O–H groups in total. The summed E-state index contributed by atoms with van der Waals surface area (Å²) >= 11 is 1.29. The van der Waals surface area contributed by atoms with Crippen LogP contribution in [0.25, 0.3) is 11.0 Å². The fraction of sp³-hybridized carbons (Fsp3) is 0.231. The molecule has 1 aromatic heterocycles. The number of ether oxygens (including phenoxy) is 1. The fourth-order valence-electron chi connectivity index (χ4n) is 1.61. The number of hydrogen-bond donors (Lipinski definition) is 0. The maximum Gasteiger partial charge on any atom is 0.304 e. The molecule has 0 fully saturated rings. The van der Waals surface area contributed by atoms with Crippen LogP contribution in [0.15, 0.2) is 39.5 Å². The van der Waals surface area contributed by atoms with E-state index in [4.69, 9.17) is 9.15 Å². The van der Waals surface area contributed by atoms with Crippen LogP contribution in [-0.2, 0) is 9.53 Å². The van der Waals surface area contributed by atoms with Gasteiger partial charge in [0.1, 0.15) is 5.58 Å². The number of esters is 1. The number of carbonyl (C=O) groups is 1. The second-order valence-electron chi connectivity index (χ2n) is 3.69. The number of rotatable bonds is 3.